The minimum atomic E-state index is -0.208. The van der Waals surface area contributed by atoms with E-state index in [1.54, 1.807) is 18.5 Å². The fourth-order valence-electron chi connectivity index (χ4n) is 2.76. The average molecular weight is 341 g/mol. The first-order valence-electron chi connectivity index (χ1n) is 8.58. The summed E-state index contributed by atoms with van der Waals surface area (Å²) in [5.41, 5.74) is 2.44. The van der Waals surface area contributed by atoms with Gasteiger partial charge in [0.2, 0.25) is 0 Å². The molecule has 2 aromatic heterocycles. The third kappa shape index (κ3) is 4.54. The van der Waals surface area contributed by atoms with Crippen molar-refractivity contribution < 1.29 is 14.3 Å². The van der Waals surface area contributed by atoms with E-state index in [0.29, 0.717) is 24.5 Å². The Balaban J connectivity index is 1.67. The minimum Gasteiger partial charge on any atom is -0.486 e. The van der Waals surface area contributed by atoms with Crippen LogP contribution in [0.5, 0.6) is 5.75 Å². The van der Waals surface area contributed by atoms with Crippen molar-refractivity contribution in [2.45, 2.75) is 38.8 Å². The Kier molecular flexibility index (Phi) is 5.60. The topological polar surface area (TPSA) is 73.3 Å². The van der Waals surface area contributed by atoms with E-state index in [-0.39, 0.29) is 18.1 Å². The van der Waals surface area contributed by atoms with Crippen LogP contribution in [0.15, 0.2) is 36.7 Å². The zero-order valence-electron chi connectivity index (χ0n) is 14.6. The lowest BCUT2D eigenvalue weighted by Crippen LogP contribution is -2.51. The zero-order chi connectivity index (χ0) is 17.6. The zero-order valence-corrected chi connectivity index (χ0v) is 14.6. The monoisotopic (exact) mass is 341 g/mol. The van der Waals surface area contributed by atoms with Gasteiger partial charge in [-0.3, -0.25) is 14.8 Å². The Morgan fingerprint density at radius 1 is 1.36 bits per heavy atom. The molecule has 1 N–H and O–H groups in total. The van der Waals surface area contributed by atoms with Gasteiger partial charge in [0.05, 0.1) is 25.5 Å². The maximum atomic E-state index is 12.6. The van der Waals surface area contributed by atoms with Crippen LogP contribution in [-0.4, -0.2) is 41.2 Å². The number of carbonyl (C=O) groups is 1. The highest BCUT2D eigenvalue weighted by molar-refractivity contribution is 5.94. The highest BCUT2D eigenvalue weighted by Crippen LogP contribution is 2.18. The number of nitrogens with zero attached hydrogens (tertiary/aromatic N) is 2. The van der Waals surface area contributed by atoms with Crippen molar-refractivity contribution in [2.75, 3.05) is 13.2 Å². The van der Waals surface area contributed by atoms with Gasteiger partial charge in [0, 0.05) is 29.6 Å². The number of hydrogen-bond donors (Lipinski definition) is 1. The number of rotatable bonds is 5. The van der Waals surface area contributed by atoms with Crippen LogP contribution < -0.4 is 10.1 Å². The first-order chi connectivity index (χ1) is 12.2. The predicted molar refractivity (Wildman–Crippen MR) is 93.7 cm³/mol. The average Bonchev–Trinajstić information content (AvgIpc) is 2.65. The standard InChI is InChI=1S/C19H23N3O3/c1-3-15-10-14(6-8-20-15)19(23)22-17-12-24-9-7-18(17)25-16-5-4-13(2)21-11-16/h4-6,8,10-11,17-18H,3,7,9,12H2,1-2H3,(H,22,23)/t17-,18+/m0/s1. The number of hydrogen-bond acceptors (Lipinski definition) is 5. The Morgan fingerprint density at radius 2 is 2.24 bits per heavy atom. The summed E-state index contributed by atoms with van der Waals surface area (Å²) in [5.74, 6) is 0.567. The summed E-state index contributed by atoms with van der Waals surface area (Å²) in [7, 11) is 0. The van der Waals surface area contributed by atoms with Gasteiger partial charge in [0.25, 0.3) is 5.91 Å². The molecule has 3 rings (SSSR count). The molecule has 2 atom stereocenters. The molecule has 0 aromatic carbocycles. The number of carbonyl (C=O) groups excluding carboxylic acids is 1. The summed E-state index contributed by atoms with van der Waals surface area (Å²) in [6, 6.07) is 7.13. The van der Waals surface area contributed by atoms with E-state index in [4.69, 9.17) is 9.47 Å². The normalized spacial score (nSPS) is 20.1. The smallest absolute Gasteiger partial charge is 0.251 e. The third-order valence-corrected chi connectivity index (χ3v) is 4.22. The van der Waals surface area contributed by atoms with Gasteiger partial charge in [0.1, 0.15) is 11.9 Å². The summed E-state index contributed by atoms with van der Waals surface area (Å²) < 4.78 is 11.6. The second-order valence-electron chi connectivity index (χ2n) is 6.12. The van der Waals surface area contributed by atoms with E-state index in [0.717, 1.165) is 24.2 Å². The van der Waals surface area contributed by atoms with E-state index in [1.807, 2.05) is 32.0 Å². The van der Waals surface area contributed by atoms with Gasteiger partial charge in [-0.05, 0) is 37.6 Å². The third-order valence-electron chi connectivity index (χ3n) is 4.22. The summed E-state index contributed by atoms with van der Waals surface area (Å²) in [6.07, 6.45) is 4.74. The van der Waals surface area contributed by atoms with E-state index >= 15 is 0 Å². The van der Waals surface area contributed by atoms with E-state index in [9.17, 15) is 4.79 Å². The molecule has 1 aliphatic rings. The molecule has 6 heteroatoms. The molecule has 1 saturated heterocycles. The Labute approximate surface area is 147 Å². The largest absolute Gasteiger partial charge is 0.486 e. The Hall–Kier alpha value is -2.47. The fraction of sp³-hybridized carbons (Fsp3) is 0.421. The van der Waals surface area contributed by atoms with Crippen molar-refractivity contribution in [1.82, 2.24) is 15.3 Å². The van der Waals surface area contributed by atoms with Gasteiger partial charge in [0.15, 0.2) is 0 Å². The lowest BCUT2D eigenvalue weighted by Gasteiger charge is -2.32. The molecule has 1 aliphatic heterocycles. The molecule has 1 fully saturated rings. The predicted octanol–water partition coefficient (Wildman–Crippen LogP) is 2.31. The van der Waals surface area contributed by atoms with Crippen LogP contribution in [0, 0.1) is 6.92 Å². The highest BCUT2D eigenvalue weighted by Gasteiger charge is 2.29. The van der Waals surface area contributed by atoms with Gasteiger partial charge in [-0.25, -0.2) is 0 Å². The van der Waals surface area contributed by atoms with Crippen LogP contribution >= 0.6 is 0 Å². The Morgan fingerprint density at radius 3 is 3.00 bits per heavy atom. The summed E-state index contributed by atoms with van der Waals surface area (Å²) in [5, 5.41) is 3.03. The molecule has 6 nitrogen and oxygen atoms in total. The van der Waals surface area contributed by atoms with E-state index < -0.39 is 0 Å². The molecule has 132 valence electrons. The number of aryl methyl sites for hydroxylation is 2. The number of aromatic nitrogens is 2. The maximum absolute atomic E-state index is 12.6. The van der Waals surface area contributed by atoms with Crippen molar-refractivity contribution >= 4 is 5.91 Å². The fourth-order valence-corrected chi connectivity index (χ4v) is 2.76. The lowest BCUT2D eigenvalue weighted by molar-refractivity contribution is -0.00301. The van der Waals surface area contributed by atoms with Gasteiger partial charge < -0.3 is 14.8 Å². The van der Waals surface area contributed by atoms with Crippen molar-refractivity contribution in [3.05, 3.63) is 53.6 Å². The molecule has 2 aromatic rings. The van der Waals surface area contributed by atoms with Crippen molar-refractivity contribution in [2.24, 2.45) is 0 Å². The minimum absolute atomic E-state index is 0.136. The van der Waals surface area contributed by atoms with Crippen LogP contribution in [-0.2, 0) is 11.2 Å². The molecule has 3 heterocycles. The summed E-state index contributed by atoms with van der Waals surface area (Å²) >= 11 is 0. The SMILES string of the molecule is CCc1cc(C(=O)N[C@H]2COCC[C@H]2Oc2ccc(C)nc2)ccn1. The highest BCUT2D eigenvalue weighted by atomic mass is 16.5. The van der Waals surface area contributed by atoms with Crippen LogP contribution in [0.25, 0.3) is 0 Å². The first-order valence-corrected chi connectivity index (χ1v) is 8.58. The summed E-state index contributed by atoms with van der Waals surface area (Å²) in [6.45, 7) is 4.99. The van der Waals surface area contributed by atoms with Crippen LogP contribution in [0.4, 0.5) is 0 Å². The molecule has 25 heavy (non-hydrogen) atoms. The molecule has 0 aliphatic carbocycles. The lowest BCUT2D eigenvalue weighted by atomic mass is 10.1. The van der Waals surface area contributed by atoms with Crippen molar-refractivity contribution in [3.8, 4) is 5.75 Å². The number of nitrogens with one attached hydrogen (secondary N) is 1. The quantitative estimate of drug-likeness (QED) is 0.903. The number of pyridine rings is 2. The van der Waals surface area contributed by atoms with Crippen LogP contribution in [0.2, 0.25) is 0 Å². The second kappa shape index (κ2) is 8.07. The van der Waals surface area contributed by atoms with E-state index in [1.165, 1.54) is 0 Å². The van der Waals surface area contributed by atoms with Crippen LogP contribution in [0.1, 0.15) is 35.1 Å². The van der Waals surface area contributed by atoms with Gasteiger partial charge in [-0.1, -0.05) is 6.92 Å². The van der Waals surface area contributed by atoms with Gasteiger partial charge in [-0.2, -0.15) is 0 Å². The molecular formula is C19H23N3O3. The van der Waals surface area contributed by atoms with Crippen LogP contribution in [0.3, 0.4) is 0 Å². The number of ether oxygens (including phenoxy) is 2. The van der Waals surface area contributed by atoms with Gasteiger partial charge >= 0.3 is 0 Å². The molecule has 0 radical (unpaired) electrons. The summed E-state index contributed by atoms with van der Waals surface area (Å²) in [4.78, 5) is 21.0. The van der Waals surface area contributed by atoms with Gasteiger partial charge in [-0.15, -0.1) is 0 Å². The second-order valence-corrected chi connectivity index (χ2v) is 6.12. The molecule has 0 bridgehead atoms. The van der Waals surface area contributed by atoms with Crippen molar-refractivity contribution in [3.63, 3.8) is 0 Å². The molecular weight excluding hydrogens is 318 g/mol. The molecule has 0 unspecified atom stereocenters. The maximum Gasteiger partial charge on any atom is 0.251 e. The molecule has 0 spiro atoms. The number of amides is 1. The first kappa shape index (κ1) is 17.4. The van der Waals surface area contributed by atoms with Crippen molar-refractivity contribution in [1.29, 1.82) is 0 Å². The van der Waals surface area contributed by atoms with E-state index in [2.05, 4.69) is 15.3 Å². The molecule has 1 amide bonds. The Bertz CT molecular complexity index is 718. The molecule has 0 saturated carbocycles.